The zero-order valence-corrected chi connectivity index (χ0v) is 31.6. The first-order valence-corrected chi connectivity index (χ1v) is 19.9. The van der Waals surface area contributed by atoms with Gasteiger partial charge >= 0.3 is 5.84 Å². The van der Waals surface area contributed by atoms with Crippen molar-refractivity contribution in [1.29, 1.82) is 0 Å². The van der Waals surface area contributed by atoms with Crippen molar-refractivity contribution in [2.45, 2.75) is 10.8 Å². The molecule has 0 saturated carbocycles. The molecule has 2 heterocycles. The summed E-state index contributed by atoms with van der Waals surface area (Å²) < 4.78 is 8.19. The van der Waals surface area contributed by atoms with Gasteiger partial charge in [0.25, 0.3) is 0 Å². The highest BCUT2D eigenvalue weighted by Gasteiger charge is 2.48. The number of rotatable bonds is 6. The molecule has 2 aromatic heterocycles. The molecule has 0 saturated heterocycles. The lowest BCUT2D eigenvalue weighted by Crippen LogP contribution is -2.28. The van der Waals surface area contributed by atoms with E-state index in [9.17, 15) is 0 Å². The fourth-order valence-electron chi connectivity index (χ4n) is 10.4. The second-order valence-electron chi connectivity index (χ2n) is 15.4. The maximum absolute atomic E-state index is 6.08. The molecular formula is C55H36N2O. The summed E-state index contributed by atoms with van der Waals surface area (Å²) in [7, 11) is 0. The van der Waals surface area contributed by atoms with E-state index in [0.717, 1.165) is 22.5 Å². The largest absolute Gasteiger partial charge is 0.432 e. The molecule has 0 aliphatic heterocycles. The van der Waals surface area contributed by atoms with E-state index < -0.39 is 10.8 Å². The predicted molar refractivity (Wildman–Crippen MR) is 233 cm³/mol. The summed E-state index contributed by atoms with van der Waals surface area (Å²) in [6.45, 7) is 0. The summed E-state index contributed by atoms with van der Waals surface area (Å²) >= 11 is 0. The van der Waals surface area contributed by atoms with Crippen LogP contribution in [0.25, 0.3) is 50.6 Å². The Morgan fingerprint density at radius 2 is 0.776 bits per heavy atom. The molecule has 3 heteroatoms. The number of benzene rings is 8. The molecule has 12 rings (SSSR count). The van der Waals surface area contributed by atoms with Crippen LogP contribution >= 0.6 is 0 Å². The minimum absolute atomic E-state index is 0.519. The van der Waals surface area contributed by atoms with Gasteiger partial charge in [-0.2, -0.15) is 4.98 Å². The van der Waals surface area contributed by atoms with E-state index >= 15 is 0 Å². The second kappa shape index (κ2) is 12.5. The van der Waals surface area contributed by atoms with Crippen molar-refractivity contribution >= 4 is 5.84 Å². The maximum Gasteiger partial charge on any atom is 0.306 e. The topological polar surface area (TPSA) is 30.4 Å². The lowest BCUT2D eigenvalue weighted by Gasteiger charge is -2.34. The molecule has 0 amide bonds. The Morgan fingerprint density at radius 1 is 0.379 bits per heavy atom. The normalized spacial score (nSPS) is 14.1. The second-order valence-corrected chi connectivity index (χ2v) is 15.4. The number of hydrogen-bond donors (Lipinski definition) is 0. The van der Waals surface area contributed by atoms with Gasteiger partial charge in [0.15, 0.2) is 0 Å². The molecule has 10 aromatic rings. The fraction of sp³-hybridized carbons (Fsp3) is 0.0364. The minimum Gasteiger partial charge on any atom is -0.432 e. The Hall–Kier alpha value is -7.49. The van der Waals surface area contributed by atoms with Crippen molar-refractivity contribution in [3.63, 3.8) is 0 Å². The van der Waals surface area contributed by atoms with Gasteiger partial charge in [-0.1, -0.05) is 194 Å². The average molecular weight is 741 g/mol. The molecule has 0 radical (unpaired) electrons. The van der Waals surface area contributed by atoms with Crippen molar-refractivity contribution in [3.8, 4) is 44.8 Å². The van der Waals surface area contributed by atoms with E-state index in [1.54, 1.807) is 6.26 Å². The highest BCUT2D eigenvalue weighted by Crippen LogP contribution is 2.59. The number of aromatic nitrogens is 2. The van der Waals surface area contributed by atoms with Crippen LogP contribution in [0.4, 0.5) is 0 Å². The Balaban J connectivity index is 1.12. The molecule has 3 nitrogen and oxygen atoms in total. The Kier molecular flexibility index (Phi) is 7.06. The van der Waals surface area contributed by atoms with Gasteiger partial charge in [-0.3, -0.25) is 4.40 Å². The van der Waals surface area contributed by atoms with E-state index in [1.165, 1.54) is 66.8 Å². The average Bonchev–Trinajstić information content (AvgIpc) is 4.05. The van der Waals surface area contributed by atoms with Crippen LogP contribution in [0.15, 0.2) is 223 Å². The Bertz CT molecular complexity index is 3080. The van der Waals surface area contributed by atoms with Crippen molar-refractivity contribution in [3.05, 3.63) is 263 Å². The molecule has 0 spiro atoms. The molecule has 58 heavy (non-hydrogen) atoms. The molecule has 0 N–H and O–H groups in total. The van der Waals surface area contributed by atoms with Crippen LogP contribution in [0.1, 0.15) is 44.5 Å². The lowest BCUT2D eigenvalue weighted by atomic mass is 9.67. The first kappa shape index (κ1) is 32.7. The van der Waals surface area contributed by atoms with Crippen LogP contribution < -0.4 is 0 Å². The number of hydrogen-bond acceptors (Lipinski definition) is 2. The molecular weight excluding hydrogens is 705 g/mol. The van der Waals surface area contributed by atoms with Crippen LogP contribution in [-0.2, 0) is 10.8 Å². The smallest absolute Gasteiger partial charge is 0.306 e. The maximum atomic E-state index is 6.08. The standard InChI is InChI=1S/C55H36N2O/c1-5-17-39(18-6-1)54(40-19-7-2-8-20-40)47-27-15-13-25-43(47)45-31-29-37(35-49(45)54)51-52(57-33-34-58-53(57)56-51)38-30-32-46-44-26-14-16-28-48(44)55(50(46)36-38,41-21-9-3-10-22-41)42-23-11-4-12-24-42/h1-36H. The van der Waals surface area contributed by atoms with Crippen LogP contribution in [0.2, 0.25) is 0 Å². The third kappa shape index (κ3) is 4.36. The molecule has 2 aliphatic carbocycles. The molecule has 0 atom stereocenters. The van der Waals surface area contributed by atoms with Gasteiger partial charge in [-0.15, -0.1) is 0 Å². The SMILES string of the molecule is c1ccc(C2(c3ccccc3)c3ccccc3-c3ccc(-c4nc5occn5c4-c4ccc5c(c4)C(c4ccccc4)(c4ccccc4)c4ccccc4-5)cc32)cc1. The molecule has 0 bridgehead atoms. The number of oxazole rings is 1. The molecule has 2 aliphatic rings. The third-order valence-electron chi connectivity index (χ3n) is 12.7. The zero-order valence-electron chi connectivity index (χ0n) is 31.6. The van der Waals surface area contributed by atoms with E-state index in [4.69, 9.17) is 9.40 Å². The van der Waals surface area contributed by atoms with Gasteiger partial charge in [0.05, 0.1) is 16.5 Å². The summed E-state index contributed by atoms with van der Waals surface area (Å²) in [6, 6.07) is 75.6. The number of nitrogens with zero attached hydrogens (tertiary/aromatic N) is 2. The van der Waals surface area contributed by atoms with E-state index in [0.29, 0.717) is 5.84 Å². The quantitative estimate of drug-likeness (QED) is 0.170. The van der Waals surface area contributed by atoms with E-state index in [2.05, 4.69) is 211 Å². The van der Waals surface area contributed by atoms with Crippen molar-refractivity contribution < 1.29 is 4.42 Å². The first-order valence-electron chi connectivity index (χ1n) is 19.9. The predicted octanol–water partition coefficient (Wildman–Crippen LogP) is 13.0. The molecule has 0 fully saturated rings. The van der Waals surface area contributed by atoms with Crippen molar-refractivity contribution in [1.82, 2.24) is 9.38 Å². The fourth-order valence-corrected chi connectivity index (χ4v) is 10.4. The zero-order chi connectivity index (χ0) is 38.3. The Labute approximate surface area is 337 Å². The van der Waals surface area contributed by atoms with Gasteiger partial charge in [0.1, 0.15) is 12.0 Å². The van der Waals surface area contributed by atoms with Crippen LogP contribution in [0.5, 0.6) is 0 Å². The van der Waals surface area contributed by atoms with Gasteiger partial charge in [0, 0.05) is 17.3 Å². The van der Waals surface area contributed by atoms with E-state index in [-0.39, 0.29) is 0 Å². The van der Waals surface area contributed by atoms with E-state index in [1.807, 2.05) is 6.20 Å². The van der Waals surface area contributed by atoms with Gasteiger partial charge in [0.2, 0.25) is 0 Å². The van der Waals surface area contributed by atoms with Crippen molar-refractivity contribution in [2.24, 2.45) is 0 Å². The summed E-state index contributed by atoms with van der Waals surface area (Å²) in [4.78, 5) is 5.27. The monoisotopic (exact) mass is 740 g/mol. The molecule has 272 valence electrons. The molecule has 8 aromatic carbocycles. The highest BCUT2D eigenvalue weighted by molar-refractivity contribution is 5.92. The van der Waals surface area contributed by atoms with Gasteiger partial charge in [-0.25, -0.2) is 0 Å². The van der Waals surface area contributed by atoms with Crippen LogP contribution in [0.3, 0.4) is 0 Å². The number of imidazole rings is 1. The van der Waals surface area contributed by atoms with Crippen LogP contribution in [0, 0.1) is 0 Å². The summed E-state index contributed by atoms with van der Waals surface area (Å²) in [6.07, 6.45) is 3.72. The third-order valence-corrected chi connectivity index (χ3v) is 12.7. The number of fused-ring (bicyclic) bond motifs is 7. The Morgan fingerprint density at radius 3 is 1.26 bits per heavy atom. The van der Waals surface area contributed by atoms with Crippen LogP contribution in [-0.4, -0.2) is 9.38 Å². The highest BCUT2D eigenvalue weighted by atomic mass is 16.3. The summed E-state index contributed by atoms with van der Waals surface area (Å²) in [5, 5.41) is 0. The molecule has 0 unspecified atom stereocenters. The summed E-state index contributed by atoms with van der Waals surface area (Å²) in [5.74, 6) is 0.562. The lowest BCUT2D eigenvalue weighted by molar-refractivity contribution is 0.596. The summed E-state index contributed by atoms with van der Waals surface area (Å²) in [5.41, 5.74) is 18.0. The van der Waals surface area contributed by atoms with Gasteiger partial charge in [-0.05, 0) is 78.9 Å². The van der Waals surface area contributed by atoms with Crippen molar-refractivity contribution in [2.75, 3.05) is 0 Å². The first-order chi connectivity index (χ1) is 28.8. The minimum atomic E-state index is -0.520. The van der Waals surface area contributed by atoms with Gasteiger partial charge < -0.3 is 4.42 Å².